The van der Waals surface area contributed by atoms with Crippen molar-refractivity contribution in [2.24, 2.45) is 5.92 Å². The molecule has 0 amide bonds. The van der Waals surface area contributed by atoms with Crippen LogP contribution in [0.3, 0.4) is 0 Å². The lowest BCUT2D eigenvalue weighted by atomic mass is 10.1. The Morgan fingerprint density at radius 3 is 3.00 bits per heavy atom. The molecule has 2 aliphatic rings. The highest BCUT2D eigenvalue weighted by Crippen LogP contribution is 2.38. The highest BCUT2D eigenvalue weighted by molar-refractivity contribution is 5.43. The molecule has 2 heterocycles. The predicted molar refractivity (Wildman–Crippen MR) is 66.0 cm³/mol. The number of halogens is 1. The Morgan fingerprint density at radius 2 is 2.28 bits per heavy atom. The van der Waals surface area contributed by atoms with Crippen LogP contribution in [0.4, 0.5) is 10.2 Å². The van der Waals surface area contributed by atoms with Crippen LogP contribution in [0.2, 0.25) is 0 Å². The number of morpholine rings is 1. The zero-order valence-corrected chi connectivity index (χ0v) is 10.6. The number of aromatic nitrogens is 2. The quantitative estimate of drug-likeness (QED) is 0.821. The molecular weight excluding hydrogens is 233 g/mol. The van der Waals surface area contributed by atoms with Crippen molar-refractivity contribution in [2.45, 2.75) is 32.2 Å². The number of anilines is 1. The van der Waals surface area contributed by atoms with E-state index in [1.165, 1.54) is 19.2 Å². The van der Waals surface area contributed by atoms with Crippen molar-refractivity contribution in [3.8, 4) is 0 Å². The third-order valence-corrected chi connectivity index (χ3v) is 3.78. The average molecular weight is 251 g/mol. The Morgan fingerprint density at radius 1 is 1.44 bits per heavy atom. The minimum Gasteiger partial charge on any atom is -0.377 e. The van der Waals surface area contributed by atoms with Crippen molar-refractivity contribution in [1.82, 2.24) is 9.97 Å². The van der Waals surface area contributed by atoms with Gasteiger partial charge in [0.25, 0.3) is 0 Å². The second kappa shape index (κ2) is 4.80. The van der Waals surface area contributed by atoms with Crippen LogP contribution in [0.1, 0.15) is 25.5 Å². The van der Waals surface area contributed by atoms with Crippen LogP contribution in [0.25, 0.3) is 0 Å². The molecule has 0 bridgehead atoms. The third kappa shape index (κ3) is 2.07. The number of rotatable bonds is 3. The van der Waals surface area contributed by atoms with E-state index in [0.29, 0.717) is 37.1 Å². The first-order valence-electron chi connectivity index (χ1n) is 6.65. The monoisotopic (exact) mass is 251 g/mol. The lowest BCUT2D eigenvalue weighted by Crippen LogP contribution is -2.47. The maximum Gasteiger partial charge on any atom is 0.187 e. The van der Waals surface area contributed by atoms with Crippen LogP contribution < -0.4 is 4.90 Å². The van der Waals surface area contributed by atoms with E-state index >= 15 is 0 Å². The van der Waals surface area contributed by atoms with E-state index in [9.17, 15) is 4.39 Å². The topological polar surface area (TPSA) is 38.2 Å². The molecule has 18 heavy (non-hydrogen) atoms. The van der Waals surface area contributed by atoms with Crippen molar-refractivity contribution in [3.63, 3.8) is 0 Å². The van der Waals surface area contributed by atoms with E-state index in [1.807, 2.05) is 6.92 Å². The smallest absolute Gasteiger partial charge is 0.187 e. The number of hydrogen-bond acceptors (Lipinski definition) is 4. The van der Waals surface area contributed by atoms with Gasteiger partial charge in [-0.3, -0.25) is 0 Å². The summed E-state index contributed by atoms with van der Waals surface area (Å²) in [5.41, 5.74) is 0.501. The first-order valence-corrected chi connectivity index (χ1v) is 6.65. The number of aryl methyl sites for hydroxylation is 1. The molecule has 3 rings (SSSR count). The first-order chi connectivity index (χ1) is 8.81. The minimum absolute atomic E-state index is 0.257. The van der Waals surface area contributed by atoms with Crippen LogP contribution in [0.15, 0.2) is 6.33 Å². The van der Waals surface area contributed by atoms with Crippen molar-refractivity contribution in [2.75, 3.05) is 24.7 Å². The van der Waals surface area contributed by atoms with Gasteiger partial charge in [-0.05, 0) is 25.2 Å². The van der Waals surface area contributed by atoms with Gasteiger partial charge in [0.05, 0.1) is 24.9 Å². The first kappa shape index (κ1) is 11.8. The van der Waals surface area contributed by atoms with E-state index in [4.69, 9.17) is 4.74 Å². The summed E-state index contributed by atoms with van der Waals surface area (Å²) in [4.78, 5) is 10.2. The predicted octanol–water partition coefficient (Wildman–Crippen LogP) is 1.79. The number of ether oxygens (including phenoxy) is 1. The number of hydrogen-bond donors (Lipinski definition) is 0. The summed E-state index contributed by atoms with van der Waals surface area (Å²) in [6.07, 6.45) is 4.51. The SMILES string of the molecule is CCc1ncnc(N2CCOC[C@@H]2C2CC2)c1F. The van der Waals surface area contributed by atoms with Gasteiger partial charge in [-0.25, -0.2) is 14.4 Å². The zero-order chi connectivity index (χ0) is 12.5. The molecule has 0 aromatic carbocycles. The van der Waals surface area contributed by atoms with Crippen LogP contribution >= 0.6 is 0 Å². The largest absolute Gasteiger partial charge is 0.377 e. The van der Waals surface area contributed by atoms with Crippen molar-refractivity contribution in [1.29, 1.82) is 0 Å². The Kier molecular flexibility index (Phi) is 3.16. The molecule has 0 spiro atoms. The lowest BCUT2D eigenvalue weighted by Gasteiger charge is -2.36. The molecule has 4 nitrogen and oxygen atoms in total. The molecule has 1 saturated heterocycles. The van der Waals surface area contributed by atoms with Gasteiger partial charge in [-0.15, -0.1) is 0 Å². The standard InChI is InChI=1S/C13H18FN3O/c1-2-10-12(14)13(16-8-15-10)17-5-6-18-7-11(17)9-3-4-9/h8-9,11H,2-7H2,1H3/t11-/m1/s1. The molecule has 98 valence electrons. The maximum atomic E-state index is 14.3. The van der Waals surface area contributed by atoms with Gasteiger partial charge in [0.15, 0.2) is 11.6 Å². The molecule has 5 heteroatoms. The fourth-order valence-corrected chi connectivity index (χ4v) is 2.60. The van der Waals surface area contributed by atoms with Crippen LogP contribution in [-0.2, 0) is 11.2 Å². The third-order valence-electron chi connectivity index (χ3n) is 3.78. The second-order valence-corrected chi connectivity index (χ2v) is 4.98. The van der Waals surface area contributed by atoms with E-state index in [2.05, 4.69) is 14.9 Å². The molecular formula is C13H18FN3O. The van der Waals surface area contributed by atoms with E-state index in [-0.39, 0.29) is 11.9 Å². The maximum absolute atomic E-state index is 14.3. The van der Waals surface area contributed by atoms with E-state index < -0.39 is 0 Å². The Labute approximate surface area is 106 Å². The molecule has 1 aliphatic heterocycles. The summed E-state index contributed by atoms with van der Waals surface area (Å²) >= 11 is 0. The fraction of sp³-hybridized carbons (Fsp3) is 0.692. The highest BCUT2D eigenvalue weighted by atomic mass is 19.1. The molecule has 2 fully saturated rings. The molecule has 1 aromatic rings. The molecule has 1 aromatic heterocycles. The summed E-state index contributed by atoms with van der Waals surface area (Å²) in [6, 6.07) is 0.285. The van der Waals surface area contributed by atoms with Gasteiger partial charge in [0, 0.05) is 6.54 Å². The van der Waals surface area contributed by atoms with Gasteiger partial charge in [-0.1, -0.05) is 6.92 Å². The van der Waals surface area contributed by atoms with Gasteiger partial charge < -0.3 is 9.64 Å². The summed E-state index contributed by atoms with van der Waals surface area (Å²) < 4.78 is 19.8. The average Bonchev–Trinajstić information content (AvgIpc) is 3.23. The zero-order valence-electron chi connectivity index (χ0n) is 10.6. The summed E-state index contributed by atoms with van der Waals surface area (Å²) in [7, 11) is 0. The van der Waals surface area contributed by atoms with Gasteiger partial charge in [-0.2, -0.15) is 0 Å². The summed E-state index contributed by atoms with van der Waals surface area (Å²) in [5.74, 6) is 0.847. The fourth-order valence-electron chi connectivity index (χ4n) is 2.60. The Balaban J connectivity index is 1.91. The summed E-state index contributed by atoms with van der Waals surface area (Å²) in [6.45, 7) is 3.97. The lowest BCUT2D eigenvalue weighted by molar-refractivity contribution is 0.0870. The Hall–Kier alpha value is -1.23. The molecule has 0 N–H and O–H groups in total. The molecule has 1 aliphatic carbocycles. The minimum atomic E-state index is -0.257. The normalized spacial score (nSPS) is 24.3. The molecule has 0 unspecified atom stereocenters. The molecule has 0 radical (unpaired) electrons. The Bertz CT molecular complexity index is 436. The van der Waals surface area contributed by atoms with E-state index in [0.717, 1.165) is 6.54 Å². The van der Waals surface area contributed by atoms with Crippen molar-refractivity contribution < 1.29 is 9.13 Å². The van der Waals surface area contributed by atoms with Crippen molar-refractivity contribution >= 4 is 5.82 Å². The van der Waals surface area contributed by atoms with Crippen molar-refractivity contribution in [3.05, 3.63) is 17.8 Å². The van der Waals surface area contributed by atoms with Crippen LogP contribution in [0, 0.1) is 11.7 Å². The number of nitrogens with zero attached hydrogens (tertiary/aromatic N) is 3. The second-order valence-electron chi connectivity index (χ2n) is 4.98. The van der Waals surface area contributed by atoms with Gasteiger partial charge >= 0.3 is 0 Å². The summed E-state index contributed by atoms with van der Waals surface area (Å²) in [5, 5.41) is 0. The molecule has 1 atom stereocenters. The van der Waals surface area contributed by atoms with Crippen LogP contribution in [0.5, 0.6) is 0 Å². The van der Waals surface area contributed by atoms with Gasteiger partial charge in [0.2, 0.25) is 0 Å². The molecule has 1 saturated carbocycles. The van der Waals surface area contributed by atoms with E-state index in [1.54, 1.807) is 0 Å². The van der Waals surface area contributed by atoms with Crippen LogP contribution in [-0.4, -0.2) is 35.8 Å². The van der Waals surface area contributed by atoms with Gasteiger partial charge in [0.1, 0.15) is 6.33 Å². The highest BCUT2D eigenvalue weighted by Gasteiger charge is 2.38.